The Morgan fingerprint density at radius 3 is 2.94 bits per heavy atom. The van der Waals surface area contributed by atoms with Gasteiger partial charge < -0.3 is 10.6 Å². The number of nitrogens with one attached hydrogen (secondary N) is 2. The van der Waals surface area contributed by atoms with E-state index in [2.05, 4.69) is 10.6 Å². The molecule has 0 aliphatic carbocycles. The molecule has 0 saturated carbocycles. The second-order valence-electron chi connectivity index (χ2n) is 3.96. The molecule has 0 bridgehead atoms. The fraction of sp³-hybridized carbons (Fsp3) is 0.364. The zero-order valence-electron chi connectivity index (χ0n) is 9.40. The summed E-state index contributed by atoms with van der Waals surface area (Å²) in [6.45, 7) is 0.481. The summed E-state index contributed by atoms with van der Waals surface area (Å²) in [5.41, 5.74) is 1.96. The van der Waals surface area contributed by atoms with Crippen molar-refractivity contribution in [2.45, 2.75) is 19.0 Å². The van der Waals surface area contributed by atoms with Crippen LogP contribution in [0.2, 0.25) is 0 Å². The summed E-state index contributed by atoms with van der Waals surface area (Å²) < 4.78 is 0. The monoisotopic (exact) mass is 235 g/mol. The fourth-order valence-electron chi connectivity index (χ4n) is 1.97. The smallest absolute Gasteiger partial charge is 0.269 e. The zero-order chi connectivity index (χ0) is 12.4. The second-order valence-corrected chi connectivity index (χ2v) is 3.96. The summed E-state index contributed by atoms with van der Waals surface area (Å²) in [6, 6.07) is 4.51. The molecule has 2 N–H and O–H groups in total. The topological polar surface area (TPSA) is 84.3 Å². The van der Waals surface area contributed by atoms with Crippen LogP contribution in [0, 0.1) is 10.1 Å². The summed E-state index contributed by atoms with van der Waals surface area (Å²) >= 11 is 0. The first-order valence-electron chi connectivity index (χ1n) is 5.33. The number of fused-ring (bicyclic) bond motifs is 1. The van der Waals surface area contributed by atoms with Crippen molar-refractivity contribution in [3.05, 3.63) is 39.4 Å². The van der Waals surface area contributed by atoms with Crippen LogP contribution in [0.15, 0.2) is 18.2 Å². The quantitative estimate of drug-likeness (QED) is 0.572. The zero-order valence-corrected chi connectivity index (χ0v) is 9.40. The van der Waals surface area contributed by atoms with E-state index >= 15 is 0 Å². The van der Waals surface area contributed by atoms with Crippen molar-refractivity contribution in [1.29, 1.82) is 0 Å². The maximum absolute atomic E-state index is 11.5. The number of nitrogens with zero attached hydrogens (tertiary/aromatic N) is 1. The highest BCUT2D eigenvalue weighted by Crippen LogP contribution is 2.22. The Bertz CT molecular complexity index is 473. The summed E-state index contributed by atoms with van der Waals surface area (Å²) in [7, 11) is 1.59. The van der Waals surface area contributed by atoms with Crippen LogP contribution in [0.5, 0.6) is 0 Å². The van der Waals surface area contributed by atoms with Gasteiger partial charge in [0, 0.05) is 25.7 Å². The molecule has 1 aromatic carbocycles. The van der Waals surface area contributed by atoms with Gasteiger partial charge in [-0.05, 0) is 17.5 Å². The number of hydrogen-bond donors (Lipinski definition) is 2. The van der Waals surface area contributed by atoms with Gasteiger partial charge >= 0.3 is 0 Å². The molecule has 0 unspecified atom stereocenters. The number of hydrogen-bond acceptors (Lipinski definition) is 4. The molecule has 1 aliphatic heterocycles. The van der Waals surface area contributed by atoms with Gasteiger partial charge in [-0.2, -0.15) is 0 Å². The lowest BCUT2D eigenvalue weighted by Gasteiger charge is -2.24. The number of benzene rings is 1. The molecule has 0 fully saturated rings. The number of rotatable bonds is 2. The van der Waals surface area contributed by atoms with Crippen molar-refractivity contribution in [1.82, 2.24) is 10.6 Å². The first-order chi connectivity index (χ1) is 8.11. The van der Waals surface area contributed by atoms with Crippen LogP contribution in [0.4, 0.5) is 5.69 Å². The Kier molecular flexibility index (Phi) is 3.06. The van der Waals surface area contributed by atoms with Gasteiger partial charge in [-0.15, -0.1) is 0 Å². The molecule has 1 atom stereocenters. The van der Waals surface area contributed by atoms with Crippen molar-refractivity contribution in [2.24, 2.45) is 0 Å². The van der Waals surface area contributed by atoms with E-state index in [0.717, 1.165) is 11.1 Å². The normalized spacial score (nSPS) is 18.3. The molecule has 90 valence electrons. The Labute approximate surface area is 98.2 Å². The van der Waals surface area contributed by atoms with E-state index < -0.39 is 4.92 Å². The van der Waals surface area contributed by atoms with E-state index in [0.29, 0.717) is 13.0 Å². The molecule has 6 heteroatoms. The van der Waals surface area contributed by atoms with Crippen molar-refractivity contribution >= 4 is 11.6 Å². The molecule has 0 saturated heterocycles. The first-order valence-corrected chi connectivity index (χ1v) is 5.33. The predicted molar refractivity (Wildman–Crippen MR) is 61.5 cm³/mol. The van der Waals surface area contributed by atoms with E-state index in [1.807, 2.05) is 0 Å². The van der Waals surface area contributed by atoms with Gasteiger partial charge in [-0.1, -0.05) is 6.07 Å². The van der Waals surface area contributed by atoms with Crippen molar-refractivity contribution in [2.75, 3.05) is 7.05 Å². The molecule has 17 heavy (non-hydrogen) atoms. The summed E-state index contributed by atoms with van der Waals surface area (Å²) in [6.07, 6.45) is 0.563. The number of carbonyl (C=O) groups is 1. The molecule has 2 rings (SSSR count). The second kappa shape index (κ2) is 4.50. The lowest BCUT2D eigenvalue weighted by Crippen LogP contribution is -2.46. The Balaban J connectivity index is 2.23. The molecule has 6 nitrogen and oxygen atoms in total. The van der Waals surface area contributed by atoms with Crippen LogP contribution in [0.25, 0.3) is 0 Å². The molecule has 1 aromatic rings. The van der Waals surface area contributed by atoms with Crippen LogP contribution in [0.1, 0.15) is 11.1 Å². The molecule has 1 aliphatic rings. The molecule has 1 heterocycles. The van der Waals surface area contributed by atoms with Crippen molar-refractivity contribution < 1.29 is 9.72 Å². The predicted octanol–water partition coefficient (Wildman–Crippen LogP) is 0.355. The summed E-state index contributed by atoms with van der Waals surface area (Å²) in [4.78, 5) is 21.7. The highest BCUT2D eigenvalue weighted by Gasteiger charge is 2.24. The molecule has 1 amide bonds. The minimum Gasteiger partial charge on any atom is -0.358 e. The van der Waals surface area contributed by atoms with Gasteiger partial charge in [-0.25, -0.2) is 0 Å². The van der Waals surface area contributed by atoms with Crippen LogP contribution in [0.3, 0.4) is 0 Å². The Hall–Kier alpha value is -1.95. The number of carbonyl (C=O) groups excluding carboxylic acids is 1. The minimum atomic E-state index is -0.412. The Morgan fingerprint density at radius 2 is 2.29 bits per heavy atom. The largest absolute Gasteiger partial charge is 0.358 e. The molecule has 0 aromatic heterocycles. The maximum atomic E-state index is 11.5. The van der Waals surface area contributed by atoms with Crippen LogP contribution < -0.4 is 10.6 Å². The van der Waals surface area contributed by atoms with Crippen LogP contribution >= 0.6 is 0 Å². The SMILES string of the molecule is CNC(=O)[C@H]1Cc2ccc([N+](=O)[O-])cc2CN1. The maximum Gasteiger partial charge on any atom is 0.269 e. The van der Waals surface area contributed by atoms with Gasteiger partial charge in [-0.3, -0.25) is 14.9 Å². The minimum absolute atomic E-state index is 0.0611. The fourth-order valence-corrected chi connectivity index (χ4v) is 1.97. The van der Waals surface area contributed by atoms with Crippen molar-refractivity contribution in [3.63, 3.8) is 0 Å². The molecule has 0 radical (unpaired) electrons. The van der Waals surface area contributed by atoms with Crippen molar-refractivity contribution in [3.8, 4) is 0 Å². The average Bonchev–Trinajstić information content (AvgIpc) is 2.36. The van der Waals surface area contributed by atoms with Gasteiger partial charge in [0.05, 0.1) is 11.0 Å². The number of nitro benzene ring substituents is 1. The number of non-ortho nitro benzene ring substituents is 1. The standard InChI is InChI=1S/C11H13N3O3/c1-12-11(15)10-5-7-2-3-9(14(16)17)4-8(7)6-13-10/h2-4,10,13H,5-6H2,1H3,(H,12,15)/t10-/m1/s1. The Morgan fingerprint density at radius 1 is 1.53 bits per heavy atom. The lowest BCUT2D eigenvalue weighted by atomic mass is 9.95. The number of amides is 1. The van der Waals surface area contributed by atoms with Crippen LogP contribution in [-0.2, 0) is 17.8 Å². The van der Waals surface area contributed by atoms with E-state index in [-0.39, 0.29) is 17.6 Å². The molecular formula is C11H13N3O3. The van der Waals surface area contributed by atoms with Gasteiger partial charge in [0.1, 0.15) is 0 Å². The van der Waals surface area contributed by atoms with Gasteiger partial charge in [0.25, 0.3) is 5.69 Å². The van der Waals surface area contributed by atoms with E-state index in [1.54, 1.807) is 19.2 Å². The van der Waals surface area contributed by atoms with E-state index in [9.17, 15) is 14.9 Å². The summed E-state index contributed by atoms with van der Waals surface area (Å²) in [5.74, 6) is -0.0611. The highest BCUT2D eigenvalue weighted by atomic mass is 16.6. The highest BCUT2D eigenvalue weighted by molar-refractivity contribution is 5.82. The third kappa shape index (κ3) is 2.26. The van der Waals surface area contributed by atoms with Gasteiger partial charge in [0.2, 0.25) is 5.91 Å². The van der Waals surface area contributed by atoms with Crippen LogP contribution in [-0.4, -0.2) is 23.9 Å². The average molecular weight is 235 g/mol. The third-order valence-corrected chi connectivity index (χ3v) is 2.93. The number of nitro groups is 1. The van der Waals surface area contributed by atoms with Gasteiger partial charge in [0.15, 0.2) is 0 Å². The first kappa shape index (κ1) is 11.5. The molecule has 0 spiro atoms. The summed E-state index contributed by atoms with van der Waals surface area (Å²) in [5, 5.41) is 16.3. The number of likely N-dealkylation sites (N-methyl/N-ethyl adjacent to an activating group) is 1. The lowest BCUT2D eigenvalue weighted by molar-refractivity contribution is -0.384. The van der Waals surface area contributed by atoms with E-state index in [1.165, 1.54) is 6.07 Å². The van der Waals surface area contributed by atoms with E-state index in [4.69, 9.17) is 0 Å². The third-order valence-electron chi connectivity index (χ3n) is 2.93. The molecular weight excluding hydrogens is 222 g/mol.